The van der Waals surface area contributed by atoms with Crippen molar-refractivity contribution in [2.24, 2.45) is 0 Å². The molecule has 0 aromatic heterocycles. The molecule has 2 nitrogen and oxygen atoms in total. The number of nitriles is 1. The number of hydrogen-bond acceptors (Lipinski definition) is 2. The van der Waals surface area contributed by atoms with Gasteiger partial charge in [-0.25, -0.2) is 0 Å². The van der Waals surface area contributed by atoms with Gasteiger partial charge in [-0.15, -0.1) is 0 Å². The summed E-state index contributed by atoms with van der Waals surface area (Å²) in [5.41, 5.74) is 1.55. The van der Waals surface area contributed by atoms with E-state index in [-0.39, 0.29) is 0 Å². The summed E-state index contributed by atoms with van der Waals surface area (Å²) in [4.78, 5) is 0. The second-order valence-electron chi connectivity index (χ2n) is 3.30. The molecule has 2 aromatic rings. The fourth-order valence-electron chi connectivity index (χ4n) is 1.38. The van der Waals surface area contributed by atoms with E-state index in [1.807, 2.05) is 36.4 Å². The summed E-state index contributed by atoms with van der Waals surface area (Å²) < 4.78 is 5.55. The first kappa shape index (κ1) is 10.3. The zero-order valence-corrected chi connectivity index (χ0v) is 8.68. The highest BCUT2D eigenvalue weighted by molar-refractivity contribution is 5.37. The van der Waals surface area contributed by atoms with Crippen LogP contribution in [0.4, 0.5) is 0 Å². The van der Waals surface area contributed by atoms with Gasteiger partial charge < -0.3 is 4.74 Å². The molecule has 0 aliphatic heterocycles. The molecule has 0 fully saturated rings. The summed E-state index contributed by atoms with van der Waals surface area (Å²) in [6.07, 6.45) is 0. The molecule has 0 heterocycles. The molecule has 16 heavy (non-hydrogen) atoms. The molecule has 2 rings (SSSR count). The van der Waals surface area contributed by atoms with Gasteiger partial charge in [0.25, 0.3) is 0 Å². The molecule has 0 spiro atoms. The zero-order valence-electron chi connectivity index (χ0n) is 8.68. The number of rotatable bonds is 3. The molecular formula is C14H10NO. The highest BCUT2D eigenvalue weighted by atomic mass is 16.5. The number of ether oxygens (including phenoxy) is 1. The second-order valence-corrected chi connectivity index (χ2v) is 3.30. The van der Waals surface area contributed by atoms with Crippen molar-refractivity contribution in [1.29, 1.82) is 5.26 Å². The fourth-order valence-corrected chi connectivity index (χ4v) is 1.38. The van der Waals surface area contributed by atoms with Crippen LogP contribution < -0.4 is 4.74 Å². The summed E-state index contributed by atoms with van der Waals surface area (Å²) in [6.45, 7) is 0.404. The van der Waals surface area contributed by atoms with E-state index in [9.17, 15) is 0 Å². The maximum atomic E-state index is 8.90. The molecule has 0 atom stereocenters. The average Bonchev–Trinajstić information content (AvgIpc) is 2.38. The maximum absolute atomic E-state index is 8.90. The summed E-state index contributed by atoms with van der Waals surface area (Å²) in [7, 11) is 0. The minimum Gasteiger partial charge on any atom is -0.489 e. The van der Waals surface area contributed by atoms with E-state index in [4.69, 9.17) is 10.00 Å². The number of hydrogen-bond donors (Lipinski definition) is 0. The smallest absolute Gasteiger partial charge is 0.120 e. The van der Waals surface area contributed by atoms with E-state index in [2.05, 4.69) is 12.1 Å². The predicted octanol–water partition coefficient (Wildman–Crippen LogP) is 2.94. The summed E-state index contributed by atoms with van der Waals surface area (Å²) >= 11 is 0. The second kappa shape index (κ2) is 4.99. The normalized spacial score (nSPS) is 9.44. The van der Waals surface area contributed by atoms with Crippen LogP contribution in [0.2, 0.25) is 0 Å². The van der Waals surface area contributed by atoms with Gasteiger partial charge in [0.15, 0.2) is 0 Å². The SMILES string of the molecule is N#Cc1ccccc1COc1c[c]ccc1. The molecule has 0 aliphatic rings. The topological polar surface area (TPSA) is 33.0 Å². The minimum absolute atomic E-state index is 0.404. The molecule has 1 radical (unpaired) electrons. The Labute approximate surface area is 94.7 Å². The largest absolute Gasteiger partial charge is 0.489 e. The van der Waals surface area contributed by atoms with E-state index in [0.29, 0.717) is 12.2 Å². The molecule has 0 N–H and O–H groups in total. The summed E-state index contributed by atoms with van der Waals surface area (Å²) in [5.74, 6) is 0.759. The Morgan fingerprint density at radius 1 is 1.19 bits per heavy atom. The van der Waals surface area contributed by atoms with Crippen molar-refractivity contribution in [3.63, 3.8) is 0 Å². The van der Waals surface area contributed by atoms with Gasteiger partial charge in [-0.1, -0.05) is 30.3 Å². The molecule has 0 unspecified atom stereocenters. The first-order valence-corrected chi connectivity index (χ1v) is 4.97. The van der Waals surface area contributed by atoms with E-state index >= 15 is 0 Å². The van der Waals surface area contributed by atoms with Gasteiger partial charge in [-0.05, 0) is 24.3 Å². The van der Waals surface area contributed by atoms with Crippen molar-refractivity contribution in [3.05, 3.63) is 65.7 Å². The third kappa shape index (κ3) is 2.40. The van der Waals surface area contributed by atoms with Crippen LogP contribution in [0, 0.1) is 17.4 Å². The van der Waals surface area contributed by atoms with Crippen LogP contribution in [0.3, 0.4) is 0 Å². The van der Waals surface area contributed by atoms with Gasteiger partial charge in [0, 0.05) is 5.56 Å². The fraction of sp³-hybridized carbons (Fsp3) is 0.0714. The molecule has 0 saturated carbocycles. The van der Waals surface area contributed by atoms with Gasteiger partial charge in [-0.2, -0.15) is 5.26 Å². The Morgan fingerprint density at radius 2 is 2.06 bits per heavy atom. The molecule has 0 saturated heterocycles. The highest BCUT2D eigenvalue weighted by Gasteiger charge is 2.01. The van der Waals surface area contributed by atoms with Gasteiger partial charge in [-0.3, -0.25) is 0 Å². The van der Waals surface area contributed by atoms with Crippen LogP contribution in [-0.2, 0) is 6.61 Å². The molecule has 0 aliphatic carbocycles. The van der Waals surface area contributed by atoms with Gasteiger partial charge in [0.05, 0.1) is 11.6 Å². The summed E-state index contributed by atoms with van der Waals surface area (Å²) in [6, 6.07) is 19.8. The van der Waals surface area contributed by atoms with Crippen LogP contribution in [0.1, 0.15) is 11.1 Å². The van der Waals surface area contributed by atoms with Crippen LogP contribution in [-0.4, -0.2) is 0 Å². The molecule has 2 heteroatoms. The first-order chi connectivity index (χ1) is 7.90. The van der Waals surface area contributed by atoms with Crippen molar-refractivity contribution in [1.82, 2.24) is 0 Å². The van der Waals surface area contributed by atoms with Gasteiger partial charge in [0.2, 0.25) is 0 Å². The quantitative estimate of drug-likeness (QED) is 0.776. The lowest BCUT2D eigenvalue weighted by Crippen LogP contribution is -1.97. The van der Waals surface area contributed by atoms with Crippen molar-refractivity contribution < 1.29 is 4.74 Å². The van der Waals surface area contributed by atoms with E-state index < -0.39 is 0 Å². The Balaban J connectivity index is 2.09. The van der Waals surface area contributed by atoms with Gasteiger partial charge >= 0.3 is 0 Å². The average molecular weight is 208 g/mol. The van der Waals surface area contributed by atoms with Crippen LogP contribution in [0.25, 0.3) is 0 Å². The maximum Gasteiger partial charge on any atom is 0.120 e. The molecule has 77 valence electrons. The first-order valence-electron chi connectivity index (χ1n) is 4.97. The van der Waals surface area contributed by atoms with Gasteiger partial charge in [0.1, 0.15) is 12.4 Å². The van der Waals surface area contributed by atoms with E-state index in [1.165, 1.54) is 0 Å². The molecular weight excluding hydrogens is 198 g/mol. The van der Waals surface area contributed by atoms with Crippen LogP contribution in [0.5, 0.6) is 5.75 Å². The zero-order chi connectivity index (χ0) is 11.2. The molecule has 0 bridgehead atoms. The monoisotopic (exact) mass is 208 g/mol. The van der Waals surface area contributed by atoms with Crippen LogP contribution in [0.15, 0.2) is 48.5 Å². The van der Waals surface area contributed by atoms with E-state index in [1.54, 1.807) is 12.1 Å². The molecule has 0 amide bonds. The highest BCUT2D eigenvalue weighted by Crippen LogP contribution is 2.13. The predicted molar refractivity (Wildman–Crippen MR) is 60.8 cm³/mol. The third-order valence-corrected chi connectivity index (χ3v) is 2.21. The lowest BCUT2D eigenvalue weighted by atomic mass is 10.1. The Hall–Kier alpha value is -2.27. The standard InChI is InChI=1S/C14H10NO/c15-10-12-6-4-5-7-13(12)11-16-14-8-2-1-3-9-14/h1-2,4-9H,11H2. The minimum atomic E-state index is 0.404. The van der Waals surface area contributed by atoms with Crippen LogP contribution >= 0.6 is 0 Å². The Bertz CT molecular complexity index is 500. The number of benzene rings is 2. The lowest BCUT2D eigenvalue weighted by Gasteiger charge is -2.06. The van der Waals surface area contributed by atoms with Crippen molar-refractivity contribution in [3.8, 4) is 11.8 Å². The molecule has 2 aromatic carbocycles. The number of nitrogens with zero attached hydrogens (tertiary/aromatic N) is 1. The van der Waals surface area contributed by atoms with Crippen molar-refractivity contribution in [2.75, 3.05) is 0 Å². The third-order valence-electron chi connectivity index (χ3n) is 2.21. The lowest BCUT2D eigenvalue weighted by molar-refractivity contribution is 0.306. The Morgan fingerprint density at radius 3 is 2.81 bits per heavy atom. The van der Waals surface area contributed by atoms with E-state index in [0.717, 1.165) is 11.3 Å². The van der Waals surface area contributed by atoms with Crippen molar-refractivity contribution in [2.45, 2.75) is 6.61 Å². The summed E-state index contributed by atoms with van der Waals surface area (Å²) in [5, 5.41) is 8.90. The van der Waals surface area contributed by atoms with Crippen molar-refractivity contribution >= 4 is 0 Å². The Kier molecular flexibility index (Phi) is 3.20.